The van der Waals surface area contributed by atoms with Crippen LogP contribution >= 0.6 is 11.6 Å². The molecule has 1 N–H and O–H groups in total. The van der Waals surface area contributed by atoms with E-state index in [9.17, 15) is 4.79 Å². The summed E-state index contributed by atoms with van der Waals surface area (Å²) in [6.45, 7) is 4.33. The van der Waals surface area contributed by atoms with E-state index in [1.165, 1.54) is 5.56 Å². The number of rotatable bonds is 2. The third-order valence-electron chi connectivity index (χ3n) is 3.99. The van der Waals surface area contributed by atoms with Crippen LogP contribution in [0.25, 0.3) is 21.8 Å². The number of hydrogen-bond acceptors (Lipinski definition) is 1. The topological polar surface area (TPSA) is 32.9 Å². The molecule has 0 amide bonds. The number of fused-ring (bicyclic) bond motifs is 2. The van der Waals surface area contributed by atoms with Gasteiger partial charge in [0.15, 0.2) is 5.43 Å². The maximum Gasteiger partial charge on any atom is 0.197 e. The van der Waals surface area contributed by atoms with E-state index in [-0.39, 0.29) is 5.43 Å². The van der Waals surface area contributed by atoms with E-state index in [2.05, 4.69) is 24.9 Å². The second kappa shape index (κ2) is 4.95. The summed E-state index contributed by atoms with van der Waals surface area (Å²) in [5.74, 6) is 0.453. The Morgan fingerprint density at radius 2 is 2.00 bits per heavy atom. The van der Waals surface area contributed by atoms with Crippen molar-refractivity contribution in [3.63, 3.8) is 0 Å². The van der Waals surface area contributed by atoms with Gasteiger partial charge >= 0.3 is 0 Å². The minimum absolute atomic E-state index is 0.0430. The number of pyridine rings is 1. The lowest BCUT2D eigenvalue weighted by Gasteiger charge is -2.10. The van der Waals surface area contributed by atoms with E-state index in [1.54, 1.807) is 6.07 Å². The lowest BCUT2D eigenvalue weighted by Crippen LogP contribution is -2.05. The number of H-pyrrole nitrogens is 1. The Hall–Kier alpha value is -1.80. The SMILES string of the molecule is CCC(C)c1ccc2[nH]c3c(Cl)cccc3c(=O)c2c1. The summed E-state index contributed by atoms with van der Waals surface area (Å²) in [6, 6.07) is 11.5. The Kier molecular flexibility index (Phi) is 3.27. The first-order valence-corrected chi connectivity index (χ1v) is 7.23. The summed E-state index contributed by atoms with van der Waals surface area (Å²) >= 11 is 6.16. The first-order valence-electron chi connectivity index (χ1n) is 6.86. The molecule has 1 atom stereocenters. The van der Waals surface area contributed by atoms with Crippen LogP contribution in [-0.4, -0.2) is 4.98 Å². The number of hydrogen-bond donors (Lipinski definition) is 1. The predicted molar refractivity (Wildman–Crippen MR) is 85.8 cm³/mol. The van der Waals surface area contributed by atoms with E-state index in [0.717, 1.165) is 17.3 Å². The average Bonchev–Trinajstić information content (AvgIpc) is 2.47. The molecule has 0 bridgehead atoms. The molecule has 0 radical (unpaired) electrons. The summed E-state index contributed by atoms with van der Waals surface area (Å²) in [5, 5.41) is 1.95. The lowest BCUT2D eigenvalue weighted by atomic mass is 9.96. The molecule has 20 heavy (non-hydrogen) atoms. The summed E-state index contributed by atoms with van der Waals surface area (Å²) < 4.78 is 0. The fourth-order valence-corrected chi connectivity index (χ4v) is 2.74. The molecule has 0 aliphatic rings. The molecule has 102 valence electrons. The van der Waals surface area contributed by atoms with Crippen LogP contribution in [0.4, 0.5) is 0 Å². The maximum atomic E-state index is 12.6. The zero-order chi connectivity index (χ0) is 14.3. The molecule has 0 fully saturated rings. The quantitative estimate of drug-likeness (QED) is 0.671. The van der Waals surface area contributed by atoms with Gasteiger partial charge in [0, 0.05) is 16.3 Å². The van der Waals surface area contributed by atoms with Gasteiger partial charge in [-0.15, -0.1) is 0 Å². The van der Waals surface area contributed by atoms with Crippen LogP contribution in [0.5, 0.6) is 0 Å². The van der Waals surface area contributed by atoms with Crippen molar-refractivity contribution in [1.82, 2.24) is 4.98 Å². The Labute approximate surface area is 122 Å². The number of halogens is 1. The maximum absolute atomic E-state index is 12.6. The number of aromatic nitrogens is 1. The minimum Gasteiger partial charge on any atom is -0.353 e. The van der Waals surface area contributed by atoms with E-state index >= 15 is 0 Å². The van der Waals surface area contributed by atoms with Gasteiger partial charge in [-0.3, -0.25) is 4.79 Å². The van der Waals surface area contributed by atoms with Crippen molar-refractivity contribution < 1.29 is 0 Å². The summed E-state index contributed by atoms with van der Waals surface area (Å²) in [6.07, 6.45) is 1.06. The molecule has 0 spiro atoms. The van der Waals surface area contributed by atoms with E-state index in [0.29, 0.717) is 21.8 Å². The predicted octanol–water partition coefficient (Wildman–Crippen LogP) is 4.85. The Balaban J connectivity index is 2.39. The van der Waals surface area contributed by atoms with Gasteiger partial charge in [-0.1, -0.05) is 37.6 Å². The fourth-order valence-electron chi connectivity index (χ4n) is 2.52. The average molecular weight is 286 g/mol. The van der Waals surface area contributed by atoms with Gasteiger partial charge in [0.1, 0.15) is 0 Å². The van der Waals surface area contributed by atoms with Gasteiger partial charge in [-0.05, 0) is 42.2 Å². The molecule has 3 aromatic rings. The van der Waals surface area contributed by atoms with Crippen molar-refractivity contribution in [2.45, 2.75) is 26.2 Å². The smallest absolute Gasteiger partial charge is 0.197 e. The van der Waals surface area contributed by atoms with E-state index < -0.39 is 0 Å². The van der Waals surface area contributed by atoms with Gasteiger partial charge in [-0.25, -0.2) is 0 Å². The third-order valence-corrected chi connectivity index (χ3v) is 4.30. The van der Waals surface area contributed by atoms with Crippen molar-refractivity contribution >= 4 is 33.4 Å². The highest BCUT2D eigenvalue weighted by molar-refractivity contribution is 6.35. The molecule has 0 saturated heterocycles. The molecule has 1 heterocycles. The van der Waals surface area contributed by atoms with Crippen LogP contribution in [0.2, 0.25) is 5.02 Å². The van der Waals surface area contributed by atoms with Gasteiger partial charge in [0.05, 0.1) is 10.5 Å². The summed E-state index contributed by atoms with van der Waals surface area (Å²) in [4.78, 5) is 15.9. The molecular weight excluding hydrogens is 270 g/mol. The molecule has 3 rings (SSSR count). The largest absolute Gasteiger partial charge is 0.353 e. The van der Waals surface area contributed by atoms with Crippen LogP contribution in [0.15, 0.2) is 41.2 Å². The Bertz CT molecular complexity index is 851. The van der Waals surface area contributed by atoms with Crippen LogP contribution in [0, 0.1) is 0 Å². The first-order chi connectivity index (χ1) is 9.61. The van der Waals surface area contributed by atoms with Crippen molar-refractivity contribution in [2.75, 3.05) is 0 Å². The number of para-hydroxylation sites is 1. The van der Waals surface area contributed by atoms with Gasteiger partial charge in [0.2, 0.25) is 0 Å². The second-order valence-electron chi connectivity index (χ2n) is 5.23. The zero-order valence-electron chi connectivity index (χ0n) is 11.5. The van der Waals surface area contributed by atoms with Crippen molar-refractivity contribution in [3.05, 3.63) is 57.2 Å². The van der Waals surface area contributed by atoms with Crippen LogP contribution < -0.4 is 5.43 Å². The number of nitrogens with one attached hydrogen (secondary N) is 1. The van der Waals surface area contributed by atoms with Crippen LogP contribution in [-0.2, 0) is 0 Å². The highest BCUT2D eigenvalue weighted by Crippen LogP contribution is 2.25. The van der Waals surface area contributed by atoms with Crippen LogP contribution in [0.1, 0.15) is 31.7 Å². The second-order valence-corrected chi connectivity index (χ2v) is 5.64. The molecule has 2 aromatic carbocycles. The molecule has 0 aliphatic carbocycles. The van der Waals surface area contributed by atoms with Gasteiger partial charge in [-0.2, -0.15) is 0 Å². The molecule has 0 saturated carbocycles. The molecule has 1 unspecified atom stereocenters. The first kappa shape index (κ1) is 13.2. The monoisotopic (exact) mass is 285 g/mol. The minimum atomic E-state index is 0.0430. The summed E-state index contributed by atoms with van der Waals surface area (Å²) in [5.41, 5.74) is 2.79. The van der Waals surface area contributed by atoms with Crippen molar-refractivity contribution in [1.29, 1.82) is 0 Å². The van der Waals surface area contributed by atoms with E-state index in [4.69, 9.17) is 11.6 Å². The van der Waals surface area contributed by atoms with Gasteiger partial charge in [0.25, 0.3) is 0 Å². The van der Waals surface area contributed by atoms with Crippen molar-refractivity contribution in [3.8, 4) is 0 Å². The molecule has 1 aromatic heterocycles. The van der Waals surface area contributed by atoms with E-state index in [1.807, 2.05) is 24.3 Å². The molecule has 2 nitrogen and oxygen atoms in total. The molecule has 3 heteroatoms. The van der Waals surface area contributed by atoms with Gasteiger partial charge < -0.3 is 4.98 Å². The highest BCUT2D eigenvalue weighted by atomic mass is 35.5. The Morgan fingerprint density at radius 3 is 2.75 bits per heavy atom. The Morgan fingerprint density at radius 1 is 1.20 bits per heavy atom. The fraction of sp³-hybridized carbons (Fsp3) is 0.235. The third kappa shape index (κ3) is 2.01. The molecule has 0 aliphatic heterocycles. The standard InChI is InChI=1S/C17H16ClNO/c1-3-10(2)11-7-8-15-13(9-11)17(20)12-5-4-6-14(18)16(12)19-15/h4-10H,3H2,1-2H3,(H,19,20). The number of aromatic amines is 1. The van der Waals surface area contributed by atoms with Crippen LogP contribution in [0.3, 0.4) is 0 Å². The highest BCUT2D eigenvalue weighted by Gasteiger charge is 2.10. The number of benzene rings is 2. The normalized spacial score (nSPS) is 12.9. The summed E-state index contributed by atoms with van der Waals surface area (Å²) in [7, 11) is 0. The lowest BCUT2D eigenvalue weighted by molar-refractivity contribution is 0.734. The molecular formula is C17H16ClNO. The van der Waals surface area contributed by atoms with Crippen molar-refractivity contribution in [2.24, 2.45) is 0 Å². The zero-order valence-corrected chi connectivity index (χ0v) is 12.3.